The van der Waals surface area contributed by atoms with Gasteiger partial charge in [0.05, 0.1) is 5.56 Å². The molecule has 9 heteroatoms. The van der Waals surface area contributed by atoms with Crippen LogP contribution in [0.3, 0.4) is 0 Å². The van der Waals surface area contributed by atoms with E-state index in [1.807, 2.05) is 12.1 Å². The normalized spacial score (nSPS) is 17.2. The van der Waals surface area contributed by atoms with E-state index in [1.165, 1.54) is 86.5 Å². The molecular weight excluding hydrogens is 474 g/mol. The Bertz CT molecular complexity index is 1210. The number of hydrogen-bond acceptors (Lipinski definition) is 8. The van der Waals surface area contributed by atoms with E-state index in [1.54, 1.807) is 0 Å². The first-order valence-corrected chi connectivity index (χ1v) is 13.3. The minimum atomic E-state index is -1.04. The Labute approximate surface area is 214 Å². The summed E-state index contributed by atoms with van der Waals surface area (Å²) in [6, 6.07) is 14.8. The molecule has 1 aromatic heterocycles. The van der Waals surface area contributed by atoms with Crippen molar-refractivity contribution in [3.8, 4) is 0 Å². The molecule has 5 rings (SSSR count). The molecule has 2 aliphatic heterocycles. The molecule has 188 valence electrons. The van der Waals surface area contributed by atoms with Gasteiger partial charge in [0.25, 0.3) is 0 Å². The van der Waals surface area contributed by atoms with Crippen LogP contribution in [0.2, 0.25) is 0 Å². The van der Waals surface area contributed by atoms with Gasteiger partial charge in [-0.3, -0.25) is 4.79 Å². The number of ketones is 1. The summed E-state index contributed by atoms with van der Waals surface area (Å²) in [5.41, 5.74) is 8.62. The average molecular weight is 506 g/mol. The Hall–Kier alpha value is -3.43. The predicted molar refractivity (Wildman–Crippen MR) is 144 cm³/mol. The molecule has 0 atom stereocenters. The van der Waals surface area contributed by atoms with Crippen molar-refractivity contribution < 1.29 is 14.7 Å². The molecule has 0 bridgehead atoms. The molecule has 0 spiro atoms. The van der Waals surface area contributed by atoms with Crippen LogP contribution in [-0.2, 0) is 0 Å². The van der Waals surface area contributed by atoms with Crippen LogP contribution in [0.25, 0.3) is 0 Å². The topological polar surface area (TPSA) is 112 Å². The smallest absolute Gasteiger partial charge is 0.335 e. The second-order valence-corrected chi connectivity index (χ2v) is 10.4. The molecule has 0 amide bonds. The fourth-order valence-electron chi connectivity index (χ4n) is 5.10. The zero-order chi connectivity index (χ0) is 25.1. The van der Waals surface area contributed by atoms with Gasteiger partial charge in [-0.05, 0) is 75.2 Å². The number of nitrogen functional groups attached to an aromatic ring is 1. The van der Waals surface area contributed by atoms with Crippen LogP contribution in [-0.4, -0.2) is 59.0 Å². The van der Waals surface area contributed by atoms with Gasteiger partial charge in [0.2, 0.25) is 5.78 Å². The van der Waals surface area contributed by atoms with E-state index in [0.717, 1.165) is 24.8 Å². The lowest BCUT2D eigenvalue weighted by Gasteiger charge is -2.41. The first kappa shape index (κ1) is 24.3. The maximum Gasteiger partial charge on any atom is 0.335 e. The van der Waals surface area contributed by atoms with Crippen LogP contribution >= 0.6 is 11.3 Å². The van der Waals surface area contributed by atoms with Gasteiger partial charge in [0.15, 0.2) is 5.13 Å². The van der Waals surface area contributed by atoms with E-state index in [0.29, 0.717) is 15.6 Å². The maximum atomic E-state index is 12.9. The van der Waals surface area contributed by atoms with Crippen molar-refractivity contribution in [2.75, 3.05) is 42.1 Å². The van der Waals surface area contributed by atoms with Gasteiger partial charge in [0.1, 0.15) is 10.7 Å². The van der Waals surface area contributed by atoms with Crippen molar-refractivity contribution in [2.24, 2.45) is 0 Å². The van der Waals surface area contributed by atoms with Gasteiger partial charge in [-0.15, -0.1) is 0 Å². The Morgan fingerprint density at radius 2 is 1.56 bits per heavy atom. The van der Waals surface area contributed by atoms with E-state index in [-0.39, 0.29) is 17.2 Å². The minimum absolute atomic E-state index is 0.126. The van der Waals surface area contributed by atoms with Gasteiger partial charge < -0.3 is 26.0 Å². The van der Waals surface area contributed by atoms with Crippen molar-refractivity contribution in [1.82, 2.24) is 9.88 Å². The molecular formula is C27H31N5O3S. The molecule has 8 nitrogen and oxygen atoms in total. The molecule has 0 saturated carbocycles. The predicted octanol–water partition coefficient (Wildman–Crippen LogP) is 4.85. The summed E-state index contributed by atoms with van der Waals surface area (Å²) in [7, 11) is 0. The first-order chi connectivity index (χ1) is 17.5. The number of likely N-dealkylation sites (tertiary alicyclic amines) is 1. The van der Waals surface area contributed by atoms with Gasteiger partial charge in [0, 0.05) is 36.1 Å². The number of aromatic carboxylic acids is 1. The SMILES string of the molecule is Nc1nc(Nc2ccc(N3CCC(N4CCCCC4)CC3)cc2)sc1C(=O)c1ccc(C(=O)O)cc1. The molecule has 0 unspecified atom stereocenters. The van der Waals surface area contributed by atoms with Crippen LogP contribution in [0.5, 0.6) is 0 Å². The third kappa shape index (κ3) is 5.37. The van der Waals surface area contributed by atoms with Gasteiger partial charge in [-0.2, -0.15) is 0 Å². The van der Waals surface area contributed by atoms with Crippen LogP contribution in [0.4, 0.5) is 22.3 Å². The van der Waals surface area contributed by atoms with E-state index in [2.05, 4.69) is 32.2 Å². The van der Waals surface area contributed by atoms with Crippen LogP contribution in [0.15, 0.2) is 48.5 Å². The Morgan fingerprint density at radius 1 is 0.917 bits per heavy atom. The number of hydrogen-bond donors (Lipinski definition) is 3. The third-order valence-corrected chi connectivity index (χ3v) is 8.09. The van der Waals surface area contributed by atoms with Crippen LogP contribution in [0, 0.1) is 0 Å². The quantitative estimate of drug-likeness (QED) is 0.391. The molecule has 3 heterocycles. The van der Waals surface area contributed by atoms with Gasteiger partial charge in [-0.25, -0.2) is 9.78 Å². The fraction of sp³-hybridized carbons (Fsp3) is 0.370. The minimum Gasteiger partial charge on any atom is -0.478 e. The highest BCUT2D eigenvalue weighted by atomic mass is 32.1. The zero-order valence-electron chi connectivity index (χ0n) is 20.2. The number of piperidine rings is 2. The summed E-state index contributed by atoms with van der Waals surface area (Å²) in [4.78, 5) is 33.7. The molecule has 2 aliphatic rings. The number of carboxylic acid groups (broad SMARTS) is 1. The molecule has 2 fully saturated rings. The number of carbonyl (C=O) groups is 2. The zero-order valence-corrected chi connectivity index (χ0v) is 21.0. The summed E-state index contributed by atoms with van der Waals surface area (Å²) in [6.45, 7) is 4.68. The Balaban J connectivity index is 1.19. The van der Waals surface area contributed by atoms with E-state index < -0.39 is 5.97 Å². The number of nitrogens with zero attached hydrogens (tertiary/aromatic N) is 3. The fourth-order valence-corrected chi connectivity index (χ4v) is 5.96. The van der Waals surface area contributed by atoms with Crippen LogP contribution < -0.4 is 16.0 Å². The number of thiazole rings is 1. The molecule has 2 aromatic carbocycles. The Kier molecular flexibility index (Phi) is 7.20. The second-order valence-electron chi connectivity index (χ2n) is 9.43. The molecule has 2 saturated heterocycles. The molecule has 0 aliphatic carbocycles. The number of nitrogens with one attached hydrogen (secondary N) is 1. The summed E-state index contributed by atoms with van der Waals surface area (Å²) in [6.07, 6.45) is 6.50. The standard InChI is InChI=1S/C27H31N5O3S/c28-25-24(23(33)18-4-6-19(7-5-18)26(34)35)36-27(30-25)29-20-8-10-21(11-9-20)32-16-12-22(13-17-32)31-14-2-1-3-15-31/h4-11,22H,1-3,12-17,28H2,(H,29,30)(H,34,35). The highest BCUT2D eigenvalue weighted by molar-refractivity contribution is 7.18. The summed E-state index contributed by atoms with van der Waals surface area (Å²) in [5, 5.41) is 12.8. The third-order valence-electron chi connectivity index (χ3n) is 7.11. The number of nitrogens with two attached hydrogens (primary N) is 1. The summed E-state index contributed by atoms with van der Waals surface area (Å²) in [5.74, 6) is -1.16. The van der Waals surface area contributed by atoms with E-state index >= 15 is 0 Å². The number of carboxylic acids is 1. The highest BCUT2D eigenvalue weighted by Gasteiger charge is 2.25. The largest absolute Gasteiger partial charge is 0.478 e. The second kappa shape index (κ2) is 10.7. The number of benzene rings is 2. The lowest BCUT2D eigenvalue weighted by atomic mass is 9.99. The highest BCUT2D eigenvalue weighted by Crippen LogP contribution is 2.31. The molecule has 4 N–H and O–H groups in total. The summed E-state index contributed by atoms with van der Waals surface area (Å²) >= 11 is 1.19. The van der Waals surface area contributed by atoms with Crippen molar-refractivity contribution in [3.63, 3.8) is 0 Å². The summed E-state index contributed by atoms with van der Waals surface area (Å²) < 4.78 is 0. The van der Waals surface area contributed by atoms with E-state index in [9.17, 15) is 9.59 Å². The molecule has 3 aromatic rings. The number of carbonyl (C=O) groups excluding carboxylic acids is 1. The monoisotopic (exact) mass is 505 g/mol. The van der Waals surface area contributed by atoms with Crippen LogP contribution in [0.1, 0.15) is 57.7 Å². The number of anilines is 4. The number of rotatable bonds is 7. The average Bonchev–Trinajstić information content (AvgIpc) is 3.29. The van der Waals surface area contributed by atoms with Crippen molar-refractivity contribution in [1.29, 1.82) is 0 Å². The lowest BCUT2D eigenvalue weighted by Crippen LogP contribution is -2.46. The van der Waals surface area contributed by atoms with Crippen molar-refractivity contribution in [2.45, 2.75) is 38.1 Å². The lowest BCUT2D eigenvalue weighted by molar-refractivity contribution is 0.0696. The van der Waals surface area contributed by atoms with Gasteiger partial charge >= 0.3 is 5.97 Å². The molecule has 36 heavy (non-hydrogen) atoms. The Morgan fingerprint density at radius 3 is 2.19 bits per heavy atom. The van der Waals surface area contributed by atoms with Crippen molar-refractivity contribution in [3.05, 3.63) is 64.5 Å². The van der Waals surface area contributed by atoms with Gasteiger partial charge in [-0.1, -0.05) is 29.9 Å². The first-order valence-electron chi connectivity index (χ1n) is 12.5. The molecule has 0 radical (unpaired) electrons. The maximum absolute atomic E-state index is 12.9. The van der Waals surface area contributed by atoms with Crippen molar-refractivity contribution >= 4 is 45.4 Å². The van der Waals surface area contributed by atoms with E-state index in [4.69, 9.17) is 10.8 Å². The number of aromatic nitrogens is 1.